The molecule has 5 nitrogen and oxygen atoms in total. The monoisotopic (exact) mass is 426 g/mol. The van der Waals surface area contributed by atoms with Crippen molar-refractivity contribution in [3.05, 3.63) is 100 Å². The van der Waals surface area contributed by atoms with Crippen molar-refractivity contribution in [1.82, 2.24) is 0 Å². The van der Waals surface area contributed by atoms with Gasteiger partial charge >= 0.3 is 0 Å². The van der Waals surface area contributed by atoms with Gasteiger partial charge < -0.3 is 4.74 Å². The molecule has 0 fully saturated rings. The van der Waals surface area contributed by atoms with Crippen LogP contribution in [0.1, 0.15) is 16.7 Å². The van der Waals surface area contributed by atoms with E-state index in [0.29, 0.717) is 38.8 Å². The zero-order valence-corrected chi connectivity index (χ0v) is 17.6. The summed E-state index contributed by atoms with van der Waals surface area (Å²) in [7, 11) is 1.54. The lowest BCUT2D eigenvalue weighted by molar-refractivity contribution is -0.119. The molecule has 0 atom stereocenters. The Balaban J connectivity index is 1.77. The maximum atomic E-state index is 13.5. The largest absolute Gasteiger partial charge is 0.496 e. The maximum Gasteiger partial charge on any atom is 0.272 e. The summed E-state index contributed by atoms with van der Waals surface area (Å²) in [5.41, 5.74) is 2.84. The van der Waals surface area contributed by atoms with E-state index < -0.39 is 5.91 Å². The lowest BCUT2D eigenvalue weighted by Gasteiger charge is -2.15. The average Bonchev–Trinajstić information content (AvgIpc) is 3.07. The fourth-order valence-corrected chi connectivity index (χ4v) is 4.44. The van der Waals surface area contributed by atoms with E-state index in [0.717, 1.165) is 10.5 Å². The van der Waals surface area contributed by atoms with Crippen LogP contribution in [-0.2, 0) is 15.3 Å². The summed E-state index contributed by atoms with van der Waals surface area (Å²) in [5, 5.41) is 9.04. The number of carbonyl (C=O) groups is 2. The molecule has 3 aromatic rings. The van der Waals surface area contributed by atoms with Crippen molar-refractivity contribution >= 4 is 34.8 Å². The Morgan fingerprint density at radius 1 is 0.903 bits per heavy atom. The molecule has 1 heterocycles. The first-order valence-corrected chi connectivity index (χ1v) is 10.6. The molecular weight excluding hydrogens is 408 g/mol. The third kappa shape index (κ3) is 3.96. The van der Waals surface area contributed by atoms with Gasteiger partial charge in [0, 0.05) is 11.3 Å². The molecule has 3 aromatic carbocycles. The smallest absolute Gasteiger partial charge is 0.272 e. The number of hydrogen-bond acceptors (Lipinski definition) is 5. The first kappa shape index (κ1) is 20.5. The predicted octanol–water partition coefficient (Wildman–Crippen LogP) is 4.78. The molecule has 4 rings (SSSR count). The van der Waals surface area contributed by atoms with Crippen LogP contribution >= 0.6 is 11.8 Å². The van der Waals surface area contributed by atoms with Gasteiger partial charge in [-0.15, -0.1) is 11.8 Å². The van der Waals surface area contributed by atoms with Crippen LogP contribution in [0.5, 0.6) is 5.75 Å². The van der Waals surface area contributed by atoms with Crippen LogP contribution in [0.15, 0.2) is 83.8 Å². The Kier molecular flexibility index (Phi) is 5.87. The number of ether oxygens (including phenoxy) is 1. The molecule has 0 saturated carbocycles. The minimum Gasteiger partial charge on any atom is -0.496 e. The first-order valence-electron chi connectivity index (χ1n) is 9.57. The molecule has 1 aliphatic heterocycles. The van der Waals surface area contributed by atoms with Crippen molar-refractivity contribution in [2.75, 3.05) is 12.0 Å². The van der Waals surface area contributed by atoms with E-state index in [4.69, 9.17) is 10.00 Å². The van der Waals surface area contributed by atoms with Gasteiger partial charge in [0.1, 0.15) is 5.75 Å². The highest BCUT2D eigenvalue weighted by Crippen LogP contribution is 2.42. The van der Waals surface area contributed by atoms with E-state index in [2.05, 4.69) is 0 Å². The number of para-hydroxylation sites is 1. The Morgan fingerprint density at radius 3 is 2.26 bits per heavy atom. The SMILES string of the molecule is COc1ccccc1C1=C(SCc2ccccc2)C(=O)N(c2ccc(C#N)cc2)C1=O. The van der Waals surface area contributed by atoms with E-state index >= 15 is 0 Å². The molecule has 152 valence electrons. The van der Waals surface area contributed by atoms with Crippen molar-refractivity contribution < 1.29 is 14.3 Å². The molecule has 0 aliphatic carbocycles. The minimum absolute atomic E-state index is 0.327. The zero-order valence-electron chi connectivity index (χ0n) is 16.7. The molecule has 0 saturated heterocycles. The van der Waals surface area contributed by atoms with Gasteiger partial charge in [-0.1, -0.05) is 48.5 Å². The Hall–Kier alpha value is -3.82. The second-order valence-corrected chi connectivity index (χ2v) is 7.77. The summed E-state index contributed by atoms with van der Waals surface area (Å²) in [6, 6.07) is 25.4. The fraction of sp³-hybridized carbons (Fsp3) is 0.0800. The minimum atomic E-state index is -0.408. The van der Waals surface area contributed by atoms with Gasteiger partial charge in [-0.2, -0.15) is 5.26 Å². The average molecular weight is 426 g/mol. The number of imide groups is 1. The number of nitriles is 1. The lowest BCUT2D eigenvalue weighted by atomic mass is 10.0. The number of nitrogens with zero attached hydrogens (tertiary/aromatic N) is 2. The third-order valence-electron chi connectivity index (χ3n) is 4.90. The zero-order chi connectivity index (χ0) is 21.8. The van der Waals surface area contributed by atoms with Crippen LogP contribution in [0.2, 0.25) is 0 Å². The van der Waals surface area contributed by atoms with Gasteiger partial charge in [-0.25, -0.2) is 4.90 Å². The summed E-state index contributed by atoms with van der Waals surface area (Å²) >= 11 is 1.34. The number of rotatable bonds is 6. The lowest BCUT2D eigenvalue weighted by Crippen LogP contribution is -2.31. The predicted molar refractivity (Wildman–Crippen MR) is 121 cm³/mol. The van der Waals surface area contributed by atoms with Gasteiger partial charge in [0.2, 0.25) is 0 Å². The third-order valence-corrected chi connectivity index (χ3v) is 6.04. The highest BCUT2D eigenvalue weighted by atomic mass is 32.2. The number of carbonyl (C=O) groups excluding carboxylic acids is 2. The van der Waals surface area contributed by atoms with E-state index in [9.17, 15) is 9.59 Å². The number of amides is 2. The molecule has 0 bridgehead atoms. The van der Waals surface area contributed by atoms with Crippen LogP contribution in [0.4, 0.5) is 5.69 Å². The van der Waals surface area contributed by atoms with Crippen LogP contribution in [0.25, 0.3) is 5.57 Å². The van der Waals surface area contributed by atoms with Crippen LogP contribution in [0.3, 0.4) is 0 Å². The van der Waals surface area contributed by atoms with Crippen LogP contribution < -0.4 is 9.64 Å². The summed E-state index contributed by atoms with van der Waals surface area (Å²) in [5.74, 6) is 0.291. The highest BCUT2D eigenvalue weighted by molar-refractivity contribution is 8.03. The molecule has 6 heteroatoms. The second-order valence-electron chi connectivity index (χ2n) is 6.78. The van der Waals surface area contributed by atoms with Gasteiger partial charge in [-0.05, 0) is 35.9 Å². The molecule has 0 aromatic heterocycles. The highest BCUT2D eigenvalue weighted by Gasteiger charge is 2.41. The number of benzene rings is 3. The van der Waals surface area contributed by atoms with E-state index in [1.807, 2.05) is 48.5 Å². The van der Waals surface area contributed by atoms with Gasteiger partial charge in [0.15, 0.2) is 0 Å². The van der Waals surface area contributed by atoms with Gasteiger partial charge in [0.05, 0.1) is 34.9 Å². The number of methoxy groups -OCH3 is 1. The number of thioether (sulfide) groups is 1. The van der Waals surface area contributed by atoms with Crippen molar-refractivity contribution in [3.63, 3.8) is 0 Å². The summed E-state index contributed by atoms with van der Waals surface area (Å²) in [6.07, 6.45) is 0. The Labute approximate surface area is 184 Å². The first-order chi connectivity index (χ1) is 15.1. The molecule has 0 radical (unpaired) electrons. The summed E-state index contributed by atoms with van der Waals surface area (Å²) < 4.78 is 5.46. The molecule has 2 amide bonds. The summed E-state index contributed by atoms with van der Waals surface area (Å²) in [4.78, 5) is 28.4. The standard InChI is InChI=1S/C25H18N2O3S/c1-30-21-10-6-5-9-20(21)22-23(31-16-18-7-3-2-4-8-18)25(29)27(24(22)28)19-13-11-17(15-26)12-14-19/h2-14H,16H2,1H3. The van der Waals surface area contributed by atoms with Gasteiger partial charge in [-0.3, -0.25) is 9.59 Å². The quantitative estimate of drug-likeness (QED) is 0.530. The number of hydrogen-bond donors (Lipinski definition) is 0. The Bertz CT molecular complexity index is 1210. The summed E-state index contributed by atoms with van der Waals surface area (Å²) in [6.45, 7) is 0. The molecule has 31 heavy (non-hydrogen) atoms. The second kappa shape index (κ2) is 8.90. The molecule has 1 aliphatic rings. The van der Waals surface area contributed by atoms with Crippen molar-refractivity contribution in [1.29, 1.82) is 5.26 Å². The molecule has 0 spiro atoms. The topological polar surface area (TPSA) is 70.4 Å². The van der Waals surface area contributed by atoms with Gasteiger partial charge in [0.25, 0.3) is 11.8 Å². The van der Waals surface area contributed by atoms with Crippen molar-refractivity contribution in [3.8, 4) is 11.8 Å². The van der Waals surface area contributed by atoms with Crippen molar-refractivity contribution in [2.45, 2.75) is 5.75 Å². The van der Waals surface area contributed by atoms with E-state index in [-0.39, 0.29) is 5.91 Å². The normalized spacial score (nSPS) is 13.5. The van der Waals surface area contributed by atoms with Crippen LogP contribution in [-0.4, -0.2) is 18.9 Å². The maximum absolute atomic E-state index is 13.5. The number of anilines is 1. The van der Waals surface area contributed by atoms with Crippen LogP contribution in [0, 0.1) is 11.3 Å². The Morgan fingerprint density at radius 2 is 1.58 bits per heavy atom. The van der Waals surface area contributed by atoms with Crippen molar-refractivity contribution in [2.24, 2.45) is 0 Å². The molecule has 0 N–H and O–H groups in total. The van der Waals surface area contributed by atoms with E-state index in [1.165, 1.54) is 18.9 Å². The molecule has 0 unspecified atom stereocenters. The fourth-order valence-electron chi connectivity index (χ4n) is 3.38. The molecular formula is C25H18N2O3S. The van der Waals surface area contributed by atoms with E-state index in [1.54, 1.807) is 36.4 Å².